The van der Waals surface area contributed by atoms with E-state index in [9.17, 15) is 10.1 Å². The number of nitrogens with one attached hydrogen (secondary N) is 1. The van der Waals surface area contributed by atoms with Gasteiger partial charge in [0.25, 0.3) is 5.69 Å². The summed E-state index contributed by atoms with van der Waals surface area (Å²) in [6.45, 7) is 9.25. The molecule has 0 heterocycles. The maximum atomic E-state index is 10.7. The second-order valence-corrected chi connectivity index (χ2v) is 5.13. The number of nitro groups is 1. The van der Waals surface area contributed by atoms with Crippen LogP contribution < -0.4 is 5.32 Å². The fourth-order valence-electron chi connectivity index (χ4n) is 1.37. The van der Waals surface area contributed by atoms with E-state index in [-0.39, 0.29) is 16.0 Å². The Hall–Kier alpha value is -1.58. The number of benzene rings is 1. The van der Waals surface area contributed by atoms with Gasteiger partial charge in [0.15, 0.2) is 0 Å². The molecule has 0 spiro atoms. The van der Waals surface area contributed by atoms with E-state index in [1.165, 1.54) is 6.07 Å². The minimum atomic E-state index is -0.365. The molecule has 1 N–H and O–H groups in total. The molecule has 1 aromatic rings. The van der Waals surface area contributed by atoms with Crippen molar-refractivity contribution in [3.8, 4) is 0 Å². The fraction of sp³-hybridized carbons (Fsp3) is 0.538. The summed E-state index contributed by atoms with van der Waals surface area (Å²) >= 11 is 0. The summed E-state index contributed by atoms with van der Waals surface area (Å²) in [6.07, 6.45) is 1.06. The highest BCUT2D eigenvalue weighted by Crippen LogP contribution is 2.25. The summed E-state index contributed by atoms with van der Waals surface area (Å²) in [5.74, 6) is 0. The Labute approximate surface area is 102 Å². The zero-order chi connectivity index (χ0) is 13.1. The van der Waals surface area contributed by atoms with E-state index in [1.54, 1.807) is 12.1 Å². The smallest absolute Gasteiger partial charge is 0.271 e. The Balaban J connectivity index is 2.83. The lowest BCUT2D eigenvalue weighted by Gasteiger charge is -2.24. The van der Waals surface area contributed by atoms with Crippen molar-refractivity contribution in [2.75, 3.05) is 11.9 Å². The summed E-state index contributed by atoms with van der Waals surface area (Å²) in [4.78, 5) is 10.3. The Bertz CT molecular complexity index is 414. The molecule has 0 saturated carbocycles. The average Bonchev–Trinajstić information content (AvgIpc) is 2.27. The molecule has 0 atom stereocenters. The van der Waals surface area contributed by atoms with Gasteiger partial charge >= 0.3 is 0 Å². The number of anilines is 1. The highest BCUT2D eigenvalue weighted by atomic mass is 16.6. The van der Waals surface area contributed by atoms with E-state index in [0.29, 0.717) is 0 Å². The quantitative estimate of drug-likeness (QED) is 0.625. The largest absolute Gasteiger partial charge is 0.384 e. The minimum Gasteiger partial charge on any atom is -0.384 e. The van der Waals surface area contributed by atoms with Crippen molar-refractivity contribution < 1.29 is 4.92 Å². The van der Waals surface area contributed by atoms with Crippen molar-refractivity contribution in [2.24, 2.45) is 5.41 Å². The van der Waals surface area contributed by atoms with E-state index in [2.05, 4.69) is 26.1 Å². The highest BCUT2D eigenvalue weighted by Gasteiger charge is 2.16. The SMILES string of the molecule is CCC(C)(C)CNc1cc([N+](=O)[O-])ccc1C. The van der Waals surface area contributed by atoms with Gasteiger partial charge in [-0.05, 0) is 24.3 Å². The van der Waals surface area contributed by atoms with Crippen LogP contribution in [0.2, 0.25) is 0 Å². The number of nitro benzene ring substituents is 1. The van der Waals surface area contributed by atoms with Gasteiger partial charge in [-0.3, -0.25) is 10.1 Å². The number of hydrogen-bond donors (Lipinski definition) is 1. The van der Waals surface area contributed by atoms with Gasteiger partial charge in [-0.2, -0.15) is 0 Å². The predicted octanol–water partition coefficient (Wildman–Crippen LogP) is 3.75. The molecule has 0 aliphatic rings. The average molecular weight is 236 g/mol. The molecule has 0 aliphatic carbocycles. The maximum Gasteiger partial charge on any atom is 0.271 e. The zero-order valence-electron chi connectivity index (χ0n) is 10.9. The molecule has 0 bridgehead atoms. The van der Waals surface area contributed by atoms with Crippen molar-refractivity contribution in [2.45, 2.75) is 34.1 Å². The second kappa shape index (κ2) is 5.17. The van der Waals surface area contributed by atoms with Crippen LogP contribution >= 0.6 is 0 Å². The van der Waals surface area contributed by atoms with Gasteiger partial charge < -0.3 is 5.32 Å². The molecule has 0 aromatic heterocycles. The molecule has 4 nitrogen and oxygen atoms in total. The Morgan fingerprint density at radius 2 is 2.06 bits per heavy atom. The van der Waals surface area contributed by atoms with Gasteiger partial charge in [-0.1, -0.05) is 26.8 Å². The van der Waals surface area contributed by atoms with Crippen LogP contribution in [-0.2, 0) is 0 Å². The molecule has 0 saturated heterocycles. The van der Waals surface area contributed by atoms with Crippen molar-refractivity contribution >= 4 is 11.4 Å². The van der Waals surface area contributed by atoms with E-state index < -0.39 is 0 Å². The number of non-ortho nitro benzene ring substituents is 1. The first kappa shape index (κ1) is 13.5. The number of aryl methyl sites for hydroxylation is 1. The third-order valence-corrected chi connectivity index (χ3v) is 3.15. The van der Waals surface area contributed by atoms with E-state index >= 15 is 0 Å². The summed E-state index contributed by atoms with van der Waals surface area (Å²) < 4.78 is 0. The molecule has 1 aromatic carbocycles. The molecule has 1 rings (SSSR count). The third kappa shape index (κ3) is 3.73. The highest BCUT2D eigenvalue weighted by molar-refractivity contribution is 5.56. The second-order valence-electron chi connectivity index (χ2n) is 5.13. The zero-order valence-corrected chi connectivity index (χ0v) is 10.9. The van der Waals surface area contributed by atoms with Gasteiger partial charge in [0.05, 0.1) is 4.92 Å². The molecule has 0 fully saturated rings. The third-order valence-electron chi connectivity index (χ3n) is 3.15. The predicted molar refractivity (Wildman–Crippen MR) is 70.4 cm³/mol. The van der Waals surface area contributed by atoms with E-state index in [4.69, 9.17) is 0 Å². The van der Waals surface area contributed by atoms with E-state index in [1.807, 2.05) is 6.92 Å². The summed E-state index contributed by atoms with van der Waals surface area (Å²) in [7, 11) is 0. The van der Waals surface area contributed by atoms with Crippen LogP contribution in [0.1, 0.15) is 32.8 Å². The van der Waals surface area contributed by atoms with Crippen molar-refractivity contribution in [3.05, 3.63) is 33.9 Å². The first-order chi connectivity index (χ1) is 7.85. The lowest BCUT2D eigenvalue weighted by atomic mass is 9.90. The molecule has 17 heavy (non-hydrogen) atoms. The molecular weight excluding hydrogens is 216 g/mol. The van der Waals surface area contributed by atoms with Gasteiger partial charge in [-0.25, -0.2) is 0 Å². The molecule has 0 amide bonds. The summed E-state index contributed by atoms with van der Waals surface area (Å²) in [5, 5.41) is 14.0. The molecule has 0 unspecified atom stereocenters. The molecule has 94 valence electrons. The lowest BCUT2D eigenvalue weighted by Crippen LogP contribution is -2.22. The normalized spacial score (nSPS) is 11.3. The van der Waals surface area contributed by atoms with Crippen molar-refractivity contribution in [1.29, 1.82) is 0 Å². The van der Waals surface area contributed by atoms with Crippen LogP contribution in [-0.4, -0.2) is 11.5 Å². The van der Waals surface area contributed by atoms with Crippen molar-refractivity contribution in [1.82, 2.24) is 0 Å². The van der Waals surface area contributed by atoms with Gasteiger partial charge in [0.1, 0.15) is 0 Å². The van der Waals surface area contributed by atoms with Gasteiger partial charge in [0, 0.05) is 24.4 Å². The maximum absolute atomic E-state index is 10.7. The van der Waals surface area contributed by atoms with Crippen LogP contribution in [0.5, 0.6) is 0 Å². The van der Waals surface area contributed by atoms with Crippen LogP contribution in [0, 0.1) is 22.5 Å². The van der Waals surface area contributed by atoms with Crippen molar-refractivity contribution in [3.63, 3.8) is 0 Å². The first-order valence-electron chi connectivity index (χ1n) is 5.84. The topological polar surface area (TPSA) is 55.2 Å². The number of hydrogen-bond acceptors (Lipinski definition) is 3. The Kier molecular flexibility index (Phi) is 4.10. The van der Waals surface area contributed by atoms with Gasteiger partial charge in [-0.15, -0.1) is 0 Å². The minimum absolute atomic E-state index is 0.132. The van der Waals surface area contributed by atoms with E-state index in [0.717, 1.165) is 24.2 Å². The summed E-state index contributed by atoms with van der Waals surface area (Å²) in [6, 6.07) is 4.91. The van der Waals surface area contributed by atoms with Crippen LogP contribution in [0.3, 0.4) is 0 Å². The lowest BCUT2D eigenvalue weighted by molar-refractivity contribution is -0.384. The standard InChI is InChI=1S/C13H20N2O2/c1-5-13(3,4)9-14-12-8-11(15(16)17)7-6-10(12)2/h6-8,14H,5,9H2,1-4H3. The van der Waals surface area contributed by atoms with Crippen LogP contribution in [0.4, 0.5) is 11.4 Å². The molecular formula is C13H20N2O2. The number of rotatable bonds is 5. The van der Waals surface area contributed by atoms with Crippen LogP contribution in [0.15, 0.2) is 18.2 Å². The molecule has 0 radical (unpaired) electrons. The molecule has 0 aliphatic heterocycles. The fourth-order valence-corrected chi connectivity index (χ4v) is 1.37. The van der Waals surface area contributed by atoms with Crippen LogP contribution in [0.25, 0.3) is 0 Å². The monoisotopic (exact) mass is 236 g/mol. The summed E-state index contributed by atoms with van der Waals surface area (Å²) in [5.41, 5.74) is 2.20. The molecule has 4 heteroatoms. The Morgan fingerprint density at radius 1 is 1.41 bits per heavy atom. The van der Waals surface area contributed by atoms with Gasteiger partial charge in [0.2, 0.25) is 0 Å². The Morgan fingerprint density at radius 3 is 2.59 bits per heavy atom. The first-order valence-corrected chi connectivity index (χ1v) is 5.84. The number of nitrogens with zero attached hydrogens (tertiary/aromatic N) is 1.